The van der Waals surface area contributed by atoms with Gasteiger partial charge in [-0.1, -0.05) is 20.3 Å². The Kier molecular flexibility index (Phi) is 5.14. The first-order valence-electron chi connectivity index (χ1n) is 7.60. The predicted molar refractivity (Wildman–Crippen MR) is 83.6 cm³/mol. The van der Waals surface area contributed by atoms with Gasteiger partial charge in [0.25, 0.3) is 0 Å². The van der Waals surface area contributed by atoms with Crippen LogP contribution in [0, 0.1) is 0 Å². The zero-order valence-corrected chi connectivity index (χ0v) is 12.7. The van der Waals surface area contributed by atoms with E-state index in [1.165, 1.54) is 12.2 Å². The van der Waals surface area contributed by atoms with E-state index in [1.54, 1.807) is 12.2 Å². The summed E-state index contributed by atoms with van der Waals surface area (Å²) >= 11 is 0. The maximum Gasteiger partial charge on any atom is 0.188 e. The Morgan fingerprint density at radius 2 is 1.29 bits per heavy atom. The zero-order chi connectivity index (χ0) is 15.2. The number of hydrogen-bond acceptors (Lipinski definition) is 4. The third-order valence-corrected chi connectivity index (χ3v) is 3.50. The molecule has 0 radical (unpaired) electrons. The van der Waals surface area contributed by atoms with Gasteiger partial charge in [-0.05, 0) is 37.1 Å². The smallest absolute Gasteiger partial charge is 0.188 e. The summed E-state index contributed by atoms with van der Waals surface area (Å²) in [6.45, 7) is 5.76. The average Bonchev–Trinajstić information content (AvgIpc) is 2.49. The van der Waals surface area contributed by atoms with Crippen LogP contribution in [0.5, 0.6) is 0 Å². The summed E-state index contributed by atoms with van der Waals surface area (Å²) in [6, 6.07) is 0. The van der Waals surface area contributed by atoms with Gasteiger partial charge < -0.3 is 10.6 Å². The molecule has 4 heteroatoms. The molecule has 21 heavy (non-hydrogen) atoms. The number of unbranched alkanes of at least 4 members (excludes halogenated alkanes) is 1. The fourth-order valence-corrected chi connectivity index (χ4v) is 2.39. The molecular weight excluding hydrogens is 264 g/mol. The Morgan fingerprint density at radius 1 is 0.762 bits per heavy atom. The molecule has 0 aromatic carbocycles. The van der Waals surface area contributed by atoms with Crippen molar-refractivity contribution in [1.29, 1.82) is 0 Å². The van der Waals surface area contributed by atoms with Crippen molar-refractivity contribution in [3.05, 3.63) is 46.8 Å². The summed E-state index contributed by atoms with van der Waals surface area (Å²) < 4.78 is 0. The van der Waals surface area contributed by atoms with Crippen LogP contribution in [0.3, 0.4) is 0 Å². The van der Waals surface area contributed by atoms with Crippen molar-refractivity contribution in [2.24, 2.45) is 0 Å². The number of fused-ring (bicyclic) bond motifs is 1. The van der Waals surface area contributed by atoms with E-state index in [2.05, 4.69) is 24.5 Å². The minimum atomic E-state index is -0.109. The second-order valence-corrected chi connectivity index (χ2v) is 5.18. The Labute approximate surface area is 125 Å². The molecule has 0 amide bonds. The van der Waals surface area contributed by atoms with Gasteiger partial charge in [-0.15, -0.1) is 0 Å². The minimum absolute atomic E-state index is 0.108. The van der Waals surface area contributed by atoms with Crippen molar-refractivity contribution in [1.82, 2.24) is 10.6 Å². The van der Waals surface area contributed by atoms with E-state index >= 15 is 0 Å². The van der Waals surface area contributed by atoms with Gasteiger partial charge in [0.2, 0.25) is 0 Å². The topological polar surface area (TPSA) is 58.2 Å². The minimum Gasteiger partial charge on any atom is -0.384 e. The first-order chi connectivity index (χ1) is 10.2. The molecule has 2 rings (SSSR count). The third kappa shape index (κ3) is 3.32. The van der Waals surface area contributed by atoms with Crippen LogP contribution in [-0.2, 0) is 9.59 Å². The second kappa shape index (κ2) is 7.07. The number of allylic oxidation sites excluding steroid dienone is 6. The fourth-order valence-electron chi connectivity index (χ4n) is 2.39. The number of ketones is 2. The highest BCUT2D eigenvalue weighted by Crippen LogP contribution is 2.28. The molecular formula is C17H22N2O2. The monoisotopic (exact) mass is 286 g/mol. The van der Waals surface area contributed by atoms with Crippen molar-refractivity contribution in [3.63, 3.8) is 0 Å². The normalized spacial score (nSPS) is 17.4. The van der Waals surface area contributed by atoms with Crippen molar-refractivity contribution >= 4 is 11.6 Å². The standard InChI is InChI=1S/C17H22N2O2/c1-3-5-11-19-13-7-9-14(20)16-12(18-10-4-2)6-8-15(21)17(13)16/h6-9,18-19H,3-5,10-11H2,1-2H3. The van der Waals surface area contributed by atoms with Gasteiger partial charge in [0.05, 0.1) is 11.1 Å². The number of rotatable bonds is 7. The van der Waals surface area contributed by atoms with Crippen LogP contribution in [0.15, 0.2) is 46.8 Å². The molecule has 0 bridgehead atoms. The molecule has 0 saturated carbocycles. The van der Waals surface area contributed by atoms with Crippen molar-refractivity contribution < 1.29 is 9.59 Å². The van der Waals surface area contributed by atoms with Gasteiger partial charge in [0.1, 0.15) is 0 Å². The van der Waals surface area contributed by atoms with E-state index in [4.69, 9.17) is 0 Å². The van der Waals surface area contributed by atoms with E-state index in [1.807, 2.05) is 0 Å². The maximum absolute atomic E-state index is 12.2. The molecule has 2 aliphatic carbocycles. The lowest BCUT2D eigenvalue weighted by atomic mass is 9.86. The quantitative estimate of drug-likeness (QED) is 0.704. The fraction of sp³-hybridized carbons (Fsp3) is 0.412. The Hall–Kier alpha value is -2.10. The Morgan fingerprint density at radius 3 is 1.76 bits per heavy atom. The maximum atomic E-state index is 12.2. The van der Waals surface area contributed by atoms with Crippen LogP contribution in [0.25, 0.3) is 0 Å². The van der Waals surface area contributed by atoms with Crippen LogP contribution < -0.4 is 10.6 Å². The highest BCUT2D eigenvalue weighted by molar-refractivity contribution is 6.23. The molecule has 2 N–H and O–H groups in total. The van der Waals surface area contributed by atoms with E-state index < -0.39 is 0 Å². The van der Waals surface area contributed by atoms with Crippen LogP contribution in [0.4, 0.5) is 0 Å². The lowest BCUT2D eigenvalue weighted by molar-refractivity contribution is -0.114. The average molecular weight is 286 g/mol. The Bertz CT molecular complexity index is 565. The summed E-state index contributed by atoms with van der Waals surface area (Å²) in [5, 5.41) is 6.51. The van der Waals surface area contributed by atoms with Crippen LogP contribution in [0.1, 0.15) is 33.1 Å². The lowest BCUT2D eigenvalue weighted by Gasteiger charge is -2.23. The van der Waals surface area contributed by atoms with E-state index in [9.17, 15) is 9.59 Å². The van der Waals surface area contributed by atoms with Crippen LogP contribution >= 0.6 is 0 Å². The summed E-state index contributed by atoms with van der Waals surface area (Å²) in [7, 11) is 0. The van der Waals surface area contributed by atoms with Gasteiger partial charge in [0.15, 0.2) is 11.6 Å². The molecule has 4 nitrogen and oxygen atoms in total. The predicted octanol–water partition coefficient (Wildman–Crippen LogP) is 2.16. The van der Waals surface area contributed by atoms with Crippen molar-refractivity contribution in [3.8, 4) is 0 Å². The third-order valence-electron chi connectivity index (χ3n) is 3.50. The molecule has 2 aliphatic rings. The zero-order valence-electron chi connectivity index (χ0n) is 12.7. The van der Waals surface area contributed by atoms with E-state index in [0.717, 1.165) is 43.7 Å². The van der Waals surface area contributed by atoms with Crippen LogP contribution in [-0.4, -0.2) is 24.7 Å². The van der Waals surface area contributed by atoms with Gasteiger partial charge in [-0.2, -0.15) is 0 Å². The molecule has 0 atom stereocenters. The van der Waals surface area contributed by atoms with Crippen molar-refractivity contribution in [2.75, 3.05) is 13.1 Å². The van der Waals surface area contributed by atoms with E-state index in [-0.39, 0.29) is 11.6 Å². The largest absolute Gasteiger partial charge is 0.384 e. The van der Waals surface area contributed by atoms with Crippen LogP contribution in [0.2, 0.25) is 0 Å². The molecule has 0 aliphatic heterocycles. The SMILES string of the molecule is CCCCNC1=C2C(=O)C=CC(NCCC)=C2C(=O)C=C1. The highest BCUT2D eigenvalue weighted by Gasteiger charge is 2.29. The summed E-state index contributed by atoms with van der Waals surface area (Å²) in [4.78, 5) is 24.4. The first-order valence-corrected chi connectivity index (χ1v) is 7.60. The van der Waals surface area contributed by atoms with Crippen molar-refractivity contribution in [2.45, 2.75) is 33.1 Å². The molecule has 0 spiro atoms. The molecule has 0 saturated heterocycles. The first kappa shape index (κ1) is 15.3. The molecule has 0 unspecified atom stereocenters. The van der Waals surface area contributed by atoms with Gasteiger partial charge >= 0.3 is 0 Å². The molecule has 0 fully saturated rings. The summed E-state index contributed by atoms with van der Waals surface area (Å²) in [6.07, 6.45) is 9.56. The summed E-state index contributed by atoms with van der Waals surface area (Å²) in [5.41, 5.74) is 2.50. The van der Waals surface area contributed by atoms with Gasteiger partial charge in [-0.3, -0.25) is 9.59 Å². The molecule has 0 heterocycles. The molecule has 0 aromatic rings. The number of carbonyl (C=O) groups excluding carboxylic acids is 2. The van der Waals surface area contributed by atoms with Gasteiger partial charge in [-0.25, -0.2) is 0 Å². The van der Waals surface area contributed by atoms with E-state index in [0.29, 0.717) is 11.1 Å². The second-order valence-electron chi connectivity index (χ2n) is 5.18. The Balaban J connectivity index is 2.36. The summed E-state index contributed by atoms with van der Waals surface area (Å²) in [5.74, 6) is -0.217. The highest BCUT2D eigenvalue weighted by atomic mass is 16.1. The lowest BCUT2D eigenvalue weighted by Crippen LogP contribution is -2.29. The number of nitrogens with one attached hydrogen (secondary N) is 2. The van der Waals surface area contributed by atoms with Gasteiger partial charge in [0, 0.05) is 24.5 Å². The molecule has 112 valence electrons. The number of hydrogen-bond donors (Lipinski definition) is 2. The number of carbonyl (C=O) groups is 2. The molecule has 0 aromatic heterocycles.